The van der Waals surface area contributed by atoms with Crippen molar-refractivity contribution < 1.29 is 44.8 Å². The molecule has 0 aromatic rings. The molecule has 0 N–H and O–H groups in total. The number of hydrogen-bond acceptors (Lipinski definition) is 0. The zero-order valence-electron chi connectivity index (χ0n) is 74.5. The quantitative estimate of drug-likeness (QED) is 0.0328. The molecule has 0 saturated carbocycles. The van der Waals surface area contributed by atoms with E-state index in [1.54, 1.807) is 0 Å². The van der Waals surface area contributed by atoms with Crippen LogP contribution in [0.4, 0.5) is 0 Å². The maximum absolute atomic E-state index is 5.39. The lowest BCUT2D eigenvalue weighted by Crippen LogP contribution is -2.47. The number of nitrogens with zero attached hydrogens (tertiary/aromatic N) is 10. The lowest BCUT2D eigenvalue weighted by Gasteiger charge is -2.35. The first kappa shape index (κ1) is 117. The summed E-state index contributed by atoms with van der Waals surface area (Å²) in [5.74, 6) is 23.3. The van der Waals surface area contributed by atoms with E-state index < -0.39 is 0 Å². The predicted octanol–water partition coefficient (Wildman–Crippen LogP) is 16.7. The van der Waals surface area contributed by atoms with Gasteiger partial charge in [0.2, 0.25) is 0 Å². The predicted molar refractivity (Wildman–Crippen MR) is 466 cm³/mol. The van der Waals surface area contributed by atoms with Gasteiger partial charge in [0.15, 0.2) is 0 Å². The van der Waals surface area contributed by atoms with Crippen molar-refractivity contribution in [3.63, 3.8) is 0 Å². The molecular formula is C91H182N10+10. The van der Waals surface area contributed by atoms with E-state index >= 15 is 0 Å². The molecule has 10 heteroatoms. The molecular weight excluding hydrogens is 1230 g/mol. The maximum Gasteiger partial charge on any atom is 0.140 e. The zero-order valence-corrected chi connectivity index (χ0v) is 74.5. The molecule has 0 rings (SSSR count). The van der Waals surface area contributed by atoms with Gasteiger partial charge in [-0.1, -0.05) is 119 Å². The molecule has 0 aliphatic carbocycles. The number of terminal acetylenes is 4. The molecule has 586 valence electrons. The van der Waals surface area contributed by atoms with Crippen LogP contribution in [0.1, 0.15) is 155 Å². The largest absolute Gasteiger partial charge is 0.328 e. The van der Waals surface area contributed by atoms with Gasteiger partial charge in [-0.25, -0.2) is 0 Å². The molecule has 0 bridgehead atoms. The fourth-order valence-electron chi connectivity index (χ4n) is 9.78. The molecule has 0 spiro atoms. The summed E-state index contributed by atoms with van der Waals surface area (Å²) >= 11 is 0. The highest BCUT2D eigenvalue weighted by Crippen LogP contribution is 2.13. The van der Waals surface area contributed by atoms with E-state index in [2.05, 4.69) is 317 Å². The normalized spacial score (nSPS) is 10.9. The topological polar surface area (TPSA) is 0 Å². The van der Waals surface area contributed by atoms with Crippen molar-refractivity contribution in [2.75, 3.05) is 270 Å². The van der Waals surface area contributed by atoms with Crippen molar-refractivity contribution >= 4 is 0 Å². The van der Waals surface area contributed by atoms with Crippen LogP contribution in [-0.4, -0.2) is 315 Å². The Morgan fingerprint density at radius 3 is 0.713 bits per heavy atom. The van der Waals surface area contributed by atoms with Crippen molar-refractivity contribution in [3.05, 3.63) is 99.7 Å². The van der Waals surface area contributed by atoms with E-state index in [1.165, 1.54) is 108 Å². The zero-order chi connectivity index (χ0) is 81.6. The van der Waals surface area contributed by atoms with Crippen LogP contribution >= 0.6 is 0 Å². The molecule has 0 radical (unpaired) electrons. The monoisotopic (exact) mass is 1420 g/mol. The van der Waals surface area contributed by atoms with Crippen molar-refractivity contribution in [3.8, 4) is 73.1 Å². The standard InChI is InChI=1S/C13H24N.C12H24N.2C10H20N.C10H18N.C8H16N.C8H18N.C8H16N.C6H14N.C6H12N/c1-11(2)8-14(7,9-12(3)4)10-13(5)6;1-5-8-11-13(4,10-7-3)12-9-6-2;1-5-8-9-10-11(4,6-2)7-3;2*1-5-8-11(4,9-6-2)10-7-3;1-5-6-7-8-9(2,3)4;2*1-5-8-9(4,6-2)7-3;2*1-5-6-7(2,3)4/h1,3,5,8-10H2,2,4,6-7H3;3H,5-6,8-12H2,1-2,4H3;5-7,10H2,1-4H3;1H,6-10H2,2-4H3;5-7H,1-3,8-10H2,4H3;5,8H2,1-4H3;5H,1,6-8H2,2-4H3;1H,6-8H2,2-4H3;5H,1,6H2,2-4H3;1H,6H2,2-4H3/q10*+1. The lowest BCUT2D eigenvalue weighted by atomic mass is 10.2. The van der Waals surface area contributed by atoms with Crippen LogP contribution in [0.3, 0.4) is 0 Å². The first-order valence-electron chi connectivity index (χ1n) is 38.4. The van der Waals surface area contributed by atoms with E-state index in [0.29, 0.717) is 0 Å². The molecule has 0 aromatic carbocycles. The number of likely N-dealkylation sites (N-methyl/N-ethyl adjacent to an activating group) is 4. The summed E-state index contributed by atoms with van der Waals surface area (Å²) < 4.78 is 9.94. The Bertz CT molecular complexity index is 2290. The Balaban J connectivity index is -0.000000115. The van der Waals surface area contributed by atoms with Gasteiger partial charge in [0.25, 0.3) is 0 Å². The van der Waals surface area contributed by atoms with E-state index in [-0.39, 0.29) is 0 Å². The van der Waals surface area contributed by atoms with Crippen molar-refractivity contribution in [1.29, 1.82) is 0 Å². The van der Waals surface area contributed by atoms with Crippen LogP contribution in [-0.2, 0) is 0 Å². The Hall–Kier alpha value is -5.12. The summed E-state index contributed by atoms with van der Waals surface area (Å²) in [5.41, 5.74) is 3.65. The molecule has 0 amide bonds. The van der Waals surface area contributed by atoms with Gasteiger partial charge in [0, 0.05) is 12.8 Å². The maximum atomic E-state index is 5.39. The second-order valence-corrected chi connectivity index (χ2v) is 32.6. The minimum atomic E-state index is 0.806. The van der Waals surface area contributed by atoms with Gasteiger partial charge in [0.1, 0.15) is 58.9 Å². The Morgan fingerprint density at radius 2 is 0.535 bits per heavy atom. The average molecular weight is 1420 g/mol. The summed E-state index contributed by atoms with van der Waals surface area (Å²) in [6.45, 7) is 88.3. The van der Waals surface area contributed by atoms with Crippen LogP contribution in [0.2, 0.25) is 0 Å². The van der Waals surface area contributed by atoms with Crippen molar-refractivity contribution in [2.45, 2.75) is 155 Å². The van der Waals surface area contributed by atoms with Gasteiger partial charge in [-0.05, 0) is 171 Å². The van der Waals surface area contributed by atoms with Crippen LogP contribution in [0.15, 0.2) is 99.7 Å². The highest BCUT2D eigenvalue weighted by Gasteiger charge is 2.23. The van der Waals surface area contributed by atoms with E-state index in [9.17, 15) is 0 Å². The van der Waals surface area contributed by atoms with Gasteiger partial charge in [0.05, 0.1) is 211 Å². The minimum Gasteiger partial charge on any atom is -0.328 e. The molecule has 0 aliphatic rings. The smallest absolute Gasteiger partial charge is 0.140 e. The SMILES string of the molecule is C#CC[N+](C)(C)C.C#CC[N+](C)(CC)CC.C#CC[N+](C)(CCC)CCC.C#CC[N+](C)(CCCC)CCCC.C=C(C)C[N+](C)(CC(=C)C)CC(=C)C.C=CC[N+](C)(C)C.C=CC[N+](C)(CC)CC.C=CC[N+](C)(CC=C)CC=C.CCC#CC[N+](C)(C)C.CCC#CC[N+](C)(CC)CC. The molecule has 0 heterocycles. The van der Waals surface area contributed by atoms with E-state index in [1.807, 2.05) is 30.4 Å². The summed E-state index contributed by atoms with van der Waals surface area (Å²) in [7, 11) is 34.7. The first-order chi connectivity index (χ1) is 46.5. The minimum absolute atomic E-state index is 0.806. The third-order valence-corrected chi connectivity index (χ3v) is 16.7. The number of unbranched alkanes of at least 4 members (excludes halogenated alkanes) is 2. The highest BCUT2D eigenvalue weighted by atomic mass is 15.4. The molecule has 101 heavy (non-hydrogen) atoms. The summed E-state index contributed by atoms with van der Waals surface area (Å²) in [4.78, 5) is 0. The first-order valence-corrected chi connectivity index (χ1v) is 38.4. The van der Waals surface area contributed by atoms with E-state index in [0.717, 1.165) is 162 Å². The Kier molecular flexibility index (Phi) is 81.7. The molecule has 10 nitrogen and oxygen atoms in total. The van der Waals surface area contributed by atoms with Crippen molar-refractivity contribution in [2.24, 2.45) is 0 Å². The summed E-state index contributed by atoms with van der Waals surface area (Å²) in [5, 5.41) is 0. The van der Waals surface area contributed by atoms with Crippen molar-refractivity contribution in [1.82, 2.24) is 0 Å². The van der Waals surface area contributed by atoms with Gasteiger partial charge in [-0.3, -0.25) is 0 Å². The highest BCUT2D eigenvalue weighted by molar-refractivity contribution is 4.99. The van der Waals surface area contributed by atoms with Crippen LogP contribution in [0.25, 0.3) is 0 Å². The second kappa shape index (κ2) is 70.5. The summed E-state index contributed by atoms with van der Waals surface area (Å²) in [6, 6.07) is 0. The molecule has 0 aromatic heterocycles. The number of quaternary nitrogens is 10. The Labute approximate surface area is 639 Å². The Morgan fingerprint density at radius 1 is 0.277 bits per heavy atom. The average Bonchev–Trinajstić information content (AvgIpc) is 0.881. The second-order valence-electron chi connectivity index (χ2n) is 32.6. The van der Waals surface area contributed by atoms with Gasteiger partial charge in [-0.2, -0.15) is 0 Å². The molecule has 0 aliphatic heterocycles. The number of hydrogen-bond donors (Lipinski definition) is 0. The third-order valence-electron chi connectivity index (χ3n) is 16.7. The van der Waals surface area contributed by atoms with Crippen LogP contribution in [0, 0.1) is 73.1 Å². The van der Waals surface area contributed by atoms with Gasteiger partial charge >= 0.3 is 0 Å². The third kappa shape index (κ3) is 92.9. The number of rotatable bonds is 38. The van der Waals surface area contributed by atoms with Gasteiger partial charge < -0.3 is 44.8 Å². The molecule has 0 unspecified atom stereocenters. The fraction of sp³-hybridized carbons (Fsp3) is 0.692. The van der Waals surface area contributed by atoms with Crippen LogP contribution in [0.5, 0.6) is 0 Å². The molecule has 0 fully saturated rings. The van der Waals surface area contributed by atoms with Gasteiger partial charge in [-0.15, -0.1) is 25.7 Å². The molecule has 0 saturated heterocycles. The lowest BCUT2D eigenvalue weighted by molar-refractivity contribution is -0.903. The molecule has 0 atom stereocenters. The van der Waals surface area contributed by atoms with E-state index in [4.69, 9.17) is 25.7 Å². The van der Waals surface area contributed by atoms with Crippen LogP contribution < -0.4 is 0 Å². The fourth-order valence-corrected chi connectivity index (χ4v) is 9.78. The summed E-state index contributed by atoms with van der Waals surface area (Å²) in [6.07, 6.45) is 40.2.